The first-order chi connectivity index (χ1) is 13.5. The van der Waals surface area contributed by atoms with Gasteiger partial charge in [0.2, 0.25) is 0 Å². The first-order valence-electron chi connectivity index (χ1n) is 9.24. The number of hydrogen-bond acceptors (Lipinski definition) is 5. The predicted octanol–water partition coefficient (Wildman–Crippen LogP) is 3.53. The van der Waals surface area contributed by atoms with E-state index in [9.17, 15) is 14.9 Å². The molecule has 0 radical (unpaired) electrons. The molecule has 0 aromatic heterocycles. The lowest BCUT2D eigenvalue weighted by Gasteiger charge is -2.36. The van der Waals surface area contributed by atoms with Crippen LogP contribution in [0, 0.1) is 17.0 Å². The van der Waals surface area contributed by atoms with Gasteiger partial charge < -0.3 is 15.1 Å². The maximum atomic E-state index is 12.3. The van der Waals surface area contributed by atoms with Crippen LogP contribution < -0.4 is 10.2 Å². The fourth-order valence-electron chi connectivity index (χ4n) is 3.03. The Morgan fingerprint density at radius 2 is 1.71 bits per heavy atom. The van der Waals surface area contributed by atoms with E-state index in [4.69, 9.17) is 0 Å². The topological polar surface area (TPSA) is 78.7 Å². The maximum Gasteiger partial charge on any atom is 0.317 e. The number of nitro benzene ring substituents is 1. The molecule has 1 saturated heterocycles. The van der Waals surface area contributed by atoms with E-state index in [-0.39, 0.29) is 11.7 Å². The summed E-state index contributed by atoms with van der Waals surface area (Å²) in [6.45, 7) is 5.38. The summed E-state index contributed by atoms with van der Waals surface area (Å²) in [6.07, 6.45) is 0. The van der Waals surface area contributed by atoms with Crippen LogP contribution in [0.2, 0.25) is 0 Å². The van der Waals surface area contributed by atoms with Crippen LogP contribution in [0.25, 0.3) is 0 Å². The number of urea groups is 1. The average molecular weight is 401 g/mol. The molecule has 1 aliphatic heterocycles. The molecule has 3 rings (SSSR count). The highest BCUT2D eigenvalue weighted by Gasteiger charge is 2.21. The average Bonchev–Trinajstić information content (AvgIpc) is 2.72. The van der Waals surface area contributed by atoms with Crippen molar-refractivity contribution in [2.45, 2.75) is 11.8 Å². The largest absolute Gasteiger partial charge is 0.368 e. The van der Waals surface area contributed by atoms with Gasteiger partial charge >= 0.3 is 6.03 Å². The molecule has 2 amide bonds. The van der Waals surface area contributed by atoms with Crippen LogP contribution in [0.1, 0.15) is 5.56 Å². The number of carbonyl (C=O) groups excluding carboxylic acids is 1. The monoisotopic (exact) mass is 400 g/mol. The van der Waals surface area contributed by atoms with Crippen LogP contribution in [0.3, 0.4) is 0 Å². The van der Waals surface area contributed by atoms with Gasteiger partial charge in [0.05, 0.1) is 4.92 Å². The minimum absolute atomic E-state index is 0.0344. The molecule has 2 aromatic carbocycles. The van der Waals surface area contributed by atoms with Gasteiger partial charge in [0.1, 0.15) is 0 Å². The molecule has 1 aliphatic rings. The standard InChI is InChI=1S/C20H24N4O3S/c1-16-2-8-19(9-3-16)28-15-10-21-20(25)23-13-11-22(12-14-23)17-4-6-18(7-5-17)24(26)27/h2-9H,10-15H2,1H3,(H,21,25). The molecular weight excluding hydrogens is 376 g/mol. The number of amides is 2. The Hall–Kier alpha value is -2.74. The maximum absolute atomic E-state index is 12.3. The van der Waals surface area contributed by atoms with Crippen molar-refractivity contribution in [3.63, 3.8) is 0 Å². The highest BCUT2D eigenvalue weighted by atomic mass is 32.2. The smallest absolute Gasteiger partial charge is 0.317 e. The number of nitrogens with zero attached hydrogens (tertiary/aromatic N) is 3. The second-order valence-corrected chi connectivity index (χ2v) is 7.81. The van der Waals surface area contributed by atoms with Crippen LogP contribution in [0.15, 0.2) is 53.4 Å². The van der Waals surface area contributed by atoms with Crippen molar-refractivity contribution in [3.05, 3.63) is 64.2 Å². The van der Waals surface area contributed by atoms with Crippen LogP contribution in [0.5, 0.6) is 0 Å². The van der Waals surface area contributed by atoms with Crippen molar-refractivity contribution in [2.75, 3.05) is 43.4 Å². The first-order valence-corrected chi connectivity index (χ1v) is 10.2. The van der Waals surface area contributed by atoms with Crippen LogP contribution in [-0.4, -0.2) is 54.3 Å². The summed E-state index contributed by atoms with van der Waals surface area (Å²) < 4.78 is 0. The highest BCUT2D eigenvalue weighted by Crippen LogP contribution is 2.21. The summed E-state index contributed by atoms with van der Waals surface area (Å²) in [6, 6.07) is 14.9. The lowest BCUT2D eigenvalue weighted by molar-refractivity contribution is -0.384. The molecule has 7 nitrogen and oxygen atoms in total. The highest BCUT2D eigenvalue weighted by molar-refractivity contribution is 7.99. The summed E-state index contributed by atoms with van der Waals surface area (Å²) in [5, 5.41) is 13.7. The molecule has 1 heterocycles. The Kier molecular flexibility index (Phi) is 6.76. The number of thioether (sulfide) groups is 1. The zero-order valence-corrected chi connectivity index (χ0v) is 16.7. The van der Waals surface area contributed by atoms with Gasteiger partial charge in [-0.3, -0.25) is 10.1 Å². The Labute approximate surface area is 168 Å². The van der Waals surface area contributed by atoms with E-state index in [1.807, 2.05) is 4.90 Å². The van der Waals surface area contributed by atoms with E-state index < -0.39 is 4.92 Å². The van der Waals surface area contributed by atoms with Gasteiger partial charge in [0, 0.05) is 61.2 Å². The molecule has 148 valence electrons. The zero-order valence-electron chi connectivity index (χ0n) is 15.8. The third kappa shape index (κ3) is 5.39. The number of nitro groups is 1. The van der Waals surface area contributed by atoms with E-state index in [1.165, 1.54) is 22.6 Å². The SMILES string of the molecule is Cc1ccc(SCCNC(=O)N2CCN(c3ccc([N+](=O)[O-])cc3)CC2)cc1. The van der Waals surface area contributed by atoms with Gasteiger partial charge in [-0.25, -0.2) is 4.79 Å². The Bertz CT molecular complexity index is 803. The molecule has 0 saturated carbocycles. The van der Waals surface area contributed by atoms with Gasteiger partial charge in [-0.1, -0.05) is 17.7 Å². The number of carbonyl (C=O) groups is 1. The number of nitrogens with one attached hydrogen (secondary N) is 1. The minimum atomic E-state index is -0.400. The van der Waals surface area contributed by atoms with E-state index in [2.05, 4.69) is 41.4 Å². The van der Waals surface area contributed by atoms with E-state index in [0.29, 0.717) is 32.7 Å². The summed E-state index contributed by atoms with van der Waals surface area (Å²) >= 11 is 1.73. The molecule has 1 fully saturated rings. The van der Waals surface area contributed by atoms with Gasteiger partial charge in [-0.15, -0.1) is 11.8 Å². The molecular formula is C20H24N4O3S. The molecule has 28 heavy (non-hydrogen) atoms. The molecule has 8 heteroatoms. The number of piperazine rings is 1. The summed E-state index contributed by atoms with van der Waals surface area (Å²) in [5.41, 5.74) is 2.27. The number of hydrogen-bond donors (Lipinski definition) is 1. The fraction of sp³-hybridized carbons (Fsp3) is 0.350. The minimum Gasteiger partial charge on any atom is -0.368 e. The normalized spacial score (nSPS) is 14.0. The Morgan fingerprint density at radius 3 is 2.32 bits per heavy atom. The van der Waals surface area contributed by atoms with Gasteiger partial charge in [-0.2, -0.15) is 0 Å². The van der Waals surface area contributed by atoms with Crippen LogP contribution >= 0.6 is 11.8 Å². The third-order valence-corrected chi connectivity index (χ3v) is 5.67. The van der Waals surface area contributed by atoms with E-state index in [1.54, 1.807) is 23.9 Å². The molecule has 0 unspecified atom stereocenters. The number of anilines is 1. The quantitative estimate of drug-likeness (QED) is 0.347. The van der Waals surface area contributed by atoms with Crippen molar-refractivity contribution >= 4 is 29.2 Å². The number of rotatable bonds is 6. The Morgan fingerprint density at radius 1 is 1.07 bits per heavy atom. The van der Waals surface area contributed by atoms with Crippen LogP contribution in [-0.2, 0) is 0 Å². The molecule has 0 aliphatic carbocycles. The van der Waals surface area contributed by atoms with Crippen molar-refractivity contribution < 1.29 is 9.72 Å². The van der Waals surface area contributed by atoms with Crippen molar-refractivity contribution in [2.24, 2.45) is 0 Å². The van der Waals surface area contributed by atoms with Crippen molar-refractivity contribution in [3.8, 4) is 0 Å². The summed E-state index contributed by atoms with van der Waals surface area (Å²) in [4.78, 5) is 27.8. The second-order valence-electron chi connectivity index (χ2n) is 6.64. The molecule has 1 N–H and O–H groups in total. The van der Waals surface area contributed by atoms with Crippen LogP contribution in [0.4, 0.5) is 16.2 Å². The fourth-order valence-corrected chi connectivity index (χ4v) is 3.79. The third-order valence-electron chi connectivity index (χ3n) is 4.66. The van der Waals surface area contributed by atoms with Gasteiger partial charge in [-0.05, 0) is 31.2 Å². The van der Waals surface area contributed by atoms with Crippen molar-refractivity contribution in [1.82, 2.24) is 10.2 Å². The lowest BCUT2D eigenvalue weighted by atomic mass is 10.2. The Balaban J connectivity index is 1.38. The van der Waals surface area contributed by atoms with Crippen molar-refractivity contribution in [1.29, 1.82) is 0 Å². The summed E-state index contributed by atoms with van der Waals surface area (Å²) in [5.74, 6) is 0.831. The number of aryl methyl sites for hydroxylation is 1. The van der Waals surface area contributed by atoms with Gasteiger partial charge in [0.15, 0.2) is 0 Å². The summed E-state index contributed by atoms with van der Waals surface area (Å²) in [7, 11) is 0. The van der Waals surface area contributed by atoms with E-state index >= 15 is 0 Å². The first kappa shape index (κ1) is 20.0. The number of non-ortho nitro benzene ring substituents is 1. The predicted molar refractivity (Wildman–Crippen MR) is 112 cm³/mol. The number of benzene rings is 2. The van der Waals surface area contributed by atoms with E-state index in [0.717, 1.165) is 11.4 Å². The molecule has 0 bridgehead atoms. The van der Waals surface area contributed by atoms with Gasteiger partial charge in [0.25, 0.3) is 5.69 Å². The lowest BCUT2D eigenvalue weighted by Crippen LogP contribution is -2.52. The molecule has 0 atom stereocenters. The molecule has 2 aromatic rings. The second kappa shape index (κ2) is 9.45. The zero-order chi connectivity index (χ0) is 19.9. The molecule has 0 spiro atoms.